The van der Waals surface area contributed by atoms with Gasteiger partial charge in [-0.1, -0.05) is 23.7 Å². The molecule has 0 aliphatic rings. The van der Waals surface area contributed by atoms with Crippen LogP contribution in [0.25, 0.3) is 0 Å². The van der Waals surface area contributed by atoms with Gasteiger partial charge in [-0.05, 0) is 17.7 Å². The number of hydrogen-bond acceptors (Lipinski definition) is 0. The Kier molecular flexibility index (Phi) is 3.09. The van der Waals surface area contributed by atoms with E-state index in [4.69, 9.17) is 23.2 Å². The highest BCUT2D eigenvalue weighted by molar-refractivity contribution is 6.30. The van der Waals surface area contributed by atoms with Crippen molar-refractivity contribution >= 4 is 23.2 Å². The molecule has 1 atom stereocenters. The molecule has 0 radical (unpaired) electrons. The fourth-order valence-electron chi connectivity index (χ4n) is 0.821. The van der Waals surface area contributed by atoms with Crippen LogP contribution in [0.4, 0.5) is 13.2 Å². The van der Waals surface area contributed by atoms with Crippen LogP contribution in [0.15, 0.2) is 24.3 Å². The van der Waals surface area contributed by atoms with Crippen molar-refractivity contribution in [2.24, 2.45) is 0 Å². The summed E-state index contributed by atoms with van der Waals surface area (Å²) in [6.07, 6.45) is -4.42. The molecule has 0 aliphatic heterocycles. The maximum Gasteiger partial charge on any atom is 0.408 e. The molecule has 0 aliphatic carbocycles. The highest BCUT2D eigenvalue weighted by Crippen LogP contribution is 2.38. The predicted molar refractivity (Wildman–Crippen MR) is 46.1 cm³/mol. The molecule has 72 valence electrons. The topological polar surface area (TPSA) is 0 Å². The van der Waals surface area contributed by atoms with E-state index in [1.807, 2.05) is 0 Å². The minimum Gasteiger partial charge on any atom is -0.169 e. The van der Waals surface area contributed by atoms with E-state index in [1.54, 1.807) is 0 Å². The Morgan fingerprint density at radius 1 is 1.08 bits per heavy atom. The molecule has 1 aromatic carbocycles. The van der Waals surface area contributed by atoms with Gasteiger partial charge in [0.05, 0.1) is 0 Å². The van der Waals surface area contributed by atoms with Crippen molar-refractivity contribution in [2.45, 2.75) is 11.6 Å². The second-order valence-electron chi connectivity index (χ2n) is 2.46. The van der Waals surface area contributed by atoms with Gasteiger partial charge in [-0.3, -0.25) is 0 Å². The van der Waals surface area contributed by atoms with Gasteiger partial charge in [0, 0.05) is 5.02 Å². The molecule has 1 rings (SSSR count). The van der Waals surface area contributed by atoms with Crippen molar-refractivity contribution in [3.63, 3.8) is 0 Å². The van der Waals surface area contributed by atoms with Gasteiger partial charge in [0.25, 0.3) is 0 Å². The molecular weight excluding hydrogens is 224 g/mol. The van der Waals surface area contributed by atoms with Crippen LogP contribution in [-0.2, 0) is 0 Å². The monoisotopic (exact) mass is 228 g/mol. The van der Waals surface area contributed by atoms with Gasteiger partial charge in [0.1, 0.15) is 0 Å². The van der Waals surface area contributed by atoms with E-state index in [0.717, 1.165) is 0 Å². The van der Waals surface area contributed by atoms with Gasteiger partial charge in [-0.15, -0.1) is 11.6 Å². The SMILES string of the molecule is FC(F)(F)[C@H](Cl)c1ccc(Cl)cc1. The number of halogens is 5. The van der Waals surface area contributed by atoms with E-state index in [2.05, 4.69) is 0 Å². The first-order valence-corrected chi connectivity index (χ1v) is 4.19. The quantitative estimate of drug-likeness (QED) is 0.633. The Morgan fingerprint density at radius 3 is 1.92 bits per heavy atom. The van der Waals surface area contributed by atoms with Gasteiger partial charge in [-0.25, -0.2) is 0 Å². The third-order valence-corrected chi connectivity index (χ3v) is 2.20. The Bertz CT molecular complexity index is 278. The minimum absolute atomic E-state index is 0.00133. The van der Waals surface area contributed by atoms with Crippen LogP contribution in [0.2, 0.25) is 5.02 Å². The zero-order valence-corrected chi connectivity index (χ0v) is 7.79. The van der Waals surface area contributed by atoms with Gasteiger partial charge in [0.2, 0.25) is 0 Å². The van der Waals surface area contributed by atoms with Crippen molar-refractivity contribution < 1.29 is 13.2 Å². The summed E-state index contributed by atoms with van der Waals surface area (Å²) in [5.74, 6) is 0. The van der Waals surface area contributed by atoms with Crippen molar-refractivity contribution in [3.05, 3.63) is 34.9 Å². The lowest BCUT2D eigenvalue weighted by molar-refractivity contribution is -0.131. The van der Waals surface area contributed by atoms with Crippen molar-refractivity contribution in [1.82, 2.24) is 0 Å². The Labute approximate surface area is 83.3 Å². The Morgan fingerprint density at radius 2 is 1.54 bits per heavy atom. The summed E-state index contributed by atoms with van der Waals surface area (Å²) in [5, 5.41) is -1.58. The molecule has 0 nitrogen and oxygen atoms in total. The standard InChI is InChI=1S/C8H5Cl2F3/c9-6-3-1-5(2-4-6)7(10)8(11,12)13/h1-4,7H/t7-/m1/s1. The lowest BCUT2D eigenvalue weighted by Crippen LogP contribution is -2.15. The summed E-state index contributed by atoms with van der Waals surface area (Å²) < 4.78 is 36.2. The molecule has 0 amide bonds. The maximum atomic E-state index is 12.1. The van der Waals surface area contributed by atoms with E-state index >= 15 is 0 Å². The largest absolute Gasteiger partial charge is 0.408 e. The first-order valence-electron chi connectivity index (χ1n) is 3.37. The van der Waals surface area contributed by atoms with Gasteiger partial charge >= 0.3 is 6.18 Å². The van der Waals surface area contributed by atoms with Crippen LogP contribution in [0.3, 0.4) is 0 Å². The summed E-state index contributed by atoms with van der Waals surface area (Å²) >= 11 is 10.7. The zero-order valence-electron chi connectivity index (χ0n) is 6.28. The third kappa shape index (κ3) is 2.78. The number of rotatable bonds is 1. The molecule has 13 heavy (non-hydrogen) atoms. The highest BCUT2D eigenvalue weighted by atomic mass is 35.5. The van der Waals surface area contributed by atoms with E-state index in [1.165, 1.54) is 24.3 Å². The Balaban J connectivity index is 2.90. The number of hydrogen-bond donors (Lipinski definition) is 0. The van der Waals surface area contributed by atoms with Crippen LogP contribution in [0.1, 0.15) is 10.9 Å². The Hall–Kier alpha value is -0.410. The minimum atomic E-state index is -4.42. The molecular formula is C8H5Cl2F3. The highest BCUT2D eigenvalue weighted by Gasteiger charge is 2.39. The molecule has 0 aromatic heterocycles. The van der Waals surface area contributed by atoms with Gasteiger partial charge in [-0.2, -0.15) is 13.2 Å². The van der Waals surface area contributed by atoms with Gasteiger partial charge < -0.3 is 0 Å². The third-order valence-electron chi connectivity index (χ3n) is 1.45. The molecule has 0 heterocycles. The molecule has 0 N–H and O–H groups in total. The number of benzene rings is 1. The molecule has 0 spiro atoms. The molecule has 0 saturated carbocycles. The fraction of sp³-hybridized carbons (Fsp3) is 0.250. The predicted octanol–water partition coefficient (Wildman–Crippen LogP) is 4.18. The van der Waals surface area contributed by atoms with Crippen LogP contribution in [0, 0.1) is 0 Å². The van der Waals surface area contributed by atoms with Crippen molar-refractivity contribution in [2.75, 3.05) is 0 Å². The smallest absolute Gasteiger partial charge is 0.169 e. The lowest BCUT2D eigenvalue weighted by Gasteiger charge is -2.13. The average Bonchev–Trinajstić information content (AvgIpc) is 2.03. The normalized spacial score (nSPS) is 14.2. The van der Waals surface area contributed by atoms with Crippen molar-refractivity contribution in [3.8, 4) is 0 Å². The van der Waals surface area contributed by atoms with Crippen LogP contribution in [0.5, 0.6) is 0 Å². The molecule has 5 heteroatoms. The van der Waals surface area contributed by atoms with Crippen LogP contribution < -0.4 is 0 Å². The van der Waals surface area contributed by atoms with E-state index < -0.39 is 11.6 Å². The summed E-state index contributed by atoms with van der Waals surface area (Å²) in [4.78, 5) is 0. The zero-order chi connectivity index (χ0) is 10.1. The summed E-state index contributed by atoms with van der Waals surface area (Å²) in [7, 11) is 0. The maximum absolute atomic E-state index is 12.1. The molecule has 1 aromatic rings. The first kappa shape index (κ1) is 10.7. The summed E-state index contributed by atoms with van der Waals surface area (Å²) in [5.41, 5.74) is -0.00133. The van der Waals surface area contributed by atoms with E-state index in [-0.39, 0.29) is 5.56 Å². The average molecular weight is 229 g/mol. The first-order chi connectivity index (χ1) is 5.91. The lowest BCUT2D eigenvalue weighted by atomic mass is 10.1. The van der Waals surface area contributed by atoms with Gasteiger partial charge in [0.15, 0.2) is 5.38 Å². The number of alkyl halides is 4. The molecule has 0 saturated heterocycles. The second kappa shape index (κ2) is 3.76. The van der Waals surface area contributed by atoms with E-state index in [9.17, 15) is 13.2 Å². The van der Waals surface area contributed by atoms with Crippen molar-refractivity contribution in [1.29, 1.82) is 0 Å². The molecule has 0 fully saturated rings. The van der Waals surface area contributed by atoms with Crippen LogP contribution >= 0.6 is 23.2 Å². The second-order valence-corrected chi connectivity index (χ2v) is 3.33. The summed E-state index contributed by atoms with van der Waals surface area (Å²) in [6.45, 7) is 0. The fourth-order valence-corrected chi connectivity index (χ4v) is 1.09. The van der Waals surface area contributed by atoms with E-state index in [0.29, 0.717) is 5.02 Å². The molecule has 0 unspecified atom stereocenters. The molecule has 0 bridgehead atoms. The summed E-state index contributed by atoms with van der Waals surface area (Å²) in [6, 6.07) is 5.26. The van der Waals surface area contributed by atoms with Crippen LogP contribution in [-0.4, -0.2) is 6.18 Å².